The van der Waals surface area contributed by atoms with Gasteiger partial charge in [-0.25, -0.2) is 4.79 Å². The molecular formula is C17H14N4O3S2. The first-order valence-electron chi connectivity index (χ1n) is 7.57. The summed E-state index contributed by atoms with van der Waals surface area (Å²) in [6.07, 6.45) is 0. The molecule has 3 aromatic rings. The van der Waals surface area contributed by atoms with Gasteiger partial charge in [-0.05, 0) is 37.1 Å². The Kier molecular flexibility index (Phi) is 4.97. The van der Waals surface area contributed by atoms with E-state index in [-0.39, 0.29) is 27.4 Å². The van der Waals surface area contributed by atoms with Crippen molar-refractivity contribution in [2.45, 2.75) is 18.1 Å². The third-order valence-corrected chi connectivity index (χ3v) is 5.96. The van der Waals surface area contributed by atoms with Gasteiger partial charge in [-0.3, -0.25) is 14.6 Å². The van der Waals surface area contributed by atoms with Crippen LogP contribution in [0.15, 0.2) is 32.0 Å². The largest absolute Gasteiger partial charge is 0.326 e. The Balaban J connectivity index is 1.80. The number of rotatable bonds is 4. The van der Waals surface area contributed by atoms with Gasteiger partial charge in [-0.2, -0.15) is 5.26 Å². The number of thioether (sulfide) groups is 1. The highest BCUT2D eigenvalue weighted by atomic mass is 32.2. The fourth-order valence-corrected chi connectivity index (χ4v) is 4.70. The molecule has 0 saturated carbocycles. The summed E-state index contributed by atoms with van der Waals surface area (Å²) in [6.45, 7) is 3.90. The average Bonchev–Trinajstić information content (AvgIpc) is 2.89. The van der Waals surface area contributed by atoms with E-state index in [1.807, 2.05) is 38.1 Å². The molecule has 1 aromatic carbocycles. The van der Waals surface area contributed by atoms with Crippen LogP contribution in [-0.2, 0) is 4.79 Å². The number of H-pyrrole nitrogens is 2. The van der Waals surface area contributed by atoms with Crippen molar-refractivity contribution in [1.82, 2.24) is 9.97 Å². The predicted octanol–water partition coefficient (Wildman–Crippen LogP) is 2.50. The second kappa shape index (κ2) is 7.19. The first-order valence-corrected chi connectivity index (χ1v) is 9.37. The van der Waals surface area contributed by atoms with Crippen LogP contribution in [0.2, 0.25) is 0 Å². The summed E-state index contributed by atoms with van der Waals surface area (Å²) in [6, 6.07) is 7.76. The van der Waals surface area contributed by atoms with E-state index in [1.165, 1.54) is 0 Å². The number of benzene rings is 1. The lowest BCUT2D eigenvalue weighted by molar-refractivity contribution is -0.113. The van der Waals surface area contributed by atoms with E-state index in [9.17, 15) is 19.6 Å². The number of nitrogens with zero attached hydrogens (tertiary/aromatic N) is 1. The molecule has 0 atom stereocenters. The van der Waals surface area contributed by atoms with E-state index in [0.717, 1.165) is 34.2 Å². The number of hydrogen-bond donors (Lipinski definition) is 3. The summed E-state index contributed by atoms with van der Waals surface area (Å²) in [5, 5.41) is 12.2. The van der Waals surface area contributed by atoms with Gasteiger partial charge in [0.05, 0.1) is 15.5 Å². The number of hydrogen-bond acceptors (Lipinski definition) is 6. The average molecular weight is 386 g/mol. The smallest absolute Gasteiger partial charge is 0.325 e. The molecular weight excluding hydrogens is 372 g/mol. The lowest BCUT2D eigenvalue weighted by Crippen LogP contribution is -2.20. The van der Waals surface area contributed by atoms with Crippen LogP contribution in [0.1, 0.15) is 16.7 Å². The van der Waals surface area contributed by atoms with Gasteiger partial charge in [0.2, 0.25) is 5.91 Å². The van der Waals surface area contributed by atoms with Crippen molar-refractivity contribution < 1.29 is 4.79 Å². The third kappa shape index (κ3) is 3.71. The first-order chi connectivity index (χ1) is 12.4. The summed E-state index contributed by atoms with van der Waals surface area (Å²) >= 11 is 2.24. The summed E-state index contributed by atoms with van der Waals surface area (Å²) in [5.41, 5.74) is 2.02. The zero-order valence-corrected chi connectivity index (χ0v) is 15.6. The van der Waals surface area contributed by atoms with Gasteiger partial charge in [0.1, 0.15) is 16.3 Å². The molecule has 2 aromatic heterocycles. The van der Waals surface area contributed by atoms with Crippen LogP contribution in [0.3, 0.4) is 0 Å². The Morgan fingerprint density at radius 2 is 1.92 bits per heavy atom. The predicted molar refractivity (Wildman–Crippen MR) is 103 cm³/mol. The Morgan fingerprint density at radius 3 is 2.58 bits per heavy atom. The molecule has 132 valence electrons. The number of aromatic nitrogens is 2. The van der Waals surface area contributed by atoms with Gasteiger partial charge < -0.3 is 10.3 Å². The van der Waals surface area contributed by atoms with Crippen LogP contribution >= 0.6 is 23.1 Å². The monoisotopic (exact) mass is 386 g/mol. The van der Waals surface area contributed by atoms with E-state index in [1.54, 1.807) is 0 Å². The molecule has 1 amide bonds. The number of thiophene rings is 1. The van der Waals surface area contributed by atoms with E-state index >= 15 is 0 Å². The van der Waals surface area contributed by atoms with Crippen molar-refractivity contribution in [3.63, 3.8) is 0 Å². The molecule has 3 N–H and O–H groups in total. The lowest BCUT2D eigenvalue weighted by Gasteiger charge is -2.07. The molecule has 7 nitrogen and oxygen atoms in total. The number of anilines is 1. The fraction of sp³-hybridized carbons (Fsp3) is 0.176. The molecule has 3 rings (SSSR count). The normalized spacial score (nSPS) is 10.7. The van der Waals surface area contributed by atoms with E-state index in [4.69, 9.17) is 0 Å². The minimum atomic E-state index is -0.666. The van der Waals surface area contributed by atoms with Gasteiger partial charge >= 0.3 is 5.69 Å². The molecule has 2 heterocycles. The molecule has 26 heavy (non-hydrogen) atoms. The molecule has 0 bridgehead atoms. The maximum absolute atomic E-state index is 12.2. The highest BCUT2D eigenvalue weighted by Crippen LogP contribution is 2.34. The number of aromatic amines is 2. The maximum atomic E-state index is 12.2. The molecule has 9 heteroatoms. The quantitative estimate of drug-likeness (QED) is 0.595. The SMILES string of the molecule is Cc1cc(C)cc(NC(=O)CSc2sc3c(=O)[nH]c(=O)[nH]c3c2C#N)c1. The highest BCUT2D eigenvalue weighted by molar-refractivity contribution is 8.02. The second-order valence-electron chi connectivity index (χ2n) is 5.70. The third-order valence-electron chi connectivity index (χ3n) is 3.50. The summed E-state index contributed by atoms with van der Waals surface area (Å²) < 4.78 is 0.781. The van der Waals surface area contributed by atoms with Gasteiger partial charge in [-0.15, -0.1) is 23.1 Å². The maximum Gasteiger partial charge on any atom is 0.326 e. The molecule has 0 spiro atoms. The lowest BCUT2D eigenvalue weighted by atomic mass is 10.1. The van der Waals surface area contributed by atoms with Crippen molar-refractivity contribution in [2.75, 3.05) is 11.1 Å². The first kappa shape index (κ1) is 18.0. The van der Waals surface area contributed by atoms with Crippen LogP contribution in [0, 0.1) is 25.2 Å². The number of carbonyl (C=O) groups excluding carboxylic acids is 1. The van der Waals surface area contributed by atoms with Crippen LogP contribution in [0.4, 0.5) is 5.69 Å². The molecule has 0 unspecified atom stereocenters. The van der Waals surface area contributed by atoms with Crippen LogP contribution in [-0.4, -0.2) is 21.6 Å². The Hall–Kier alpha value is -2.83. The number of nitrogens with one attached hydrogen (secondary N) is 3. The Morgan fingerprint density at radius 1 is 1.23 bits per heavy atom. The zero-order chi connectivity index (χ0) is 18.8. The minimum Gasteiger partial charge on any atom is -0.325 e. The van der Waals surface area contributed by atoms with Crippen molar-refractivity contribution in [3.05, 3.63) is 55.7 Å². The van der Waals surface area contributed by atoms with E-state index in [0.29, 0.717) is 9.90 Å². The van der Waals surface area contributed by atoms with E-state index in [2.05, 4.69) is 15.3 Å². The molecule has 0 radical (unpaired) electrons. The molecule has 0 aliphatic rings. The van der Waals surface area contributed by atoms with Crippen LogP contribution in [0.25, 0.3) is 10.2 Å². The standard InChI is InChI=1S/C17H14N4O3S2/c1-8-3-9(2)5-10(4-8)19-12(22)7-25-16-11(6-18)13-14(26-16)15(23)21-17(24)20-13/h3-5H,7H2,1-2H3,(H,19,22)(H2,20,21,23,24). The topological polar surface area (TPSA) is 119 Å². The minimum absolute atomic E-state index is 0.0800. The number of carbonyl (C=O) groups is 1. The highest BCUT2D eigenvalue weighted by Gasteiger charge is 2.17. The molecule has 0 aliphatic carbocycles. The summed E-state index contributed by atoms with van der Waals surface area (Å²) in [7, 11) is 0. The zero-order valence-electron chi connectivity index (χ0n) is 13.9. The van der Waals surface area contributed by atoms with E-state index < -0.39 is 11.2 Å². The number of nitriles is 1. The Labute approximate surface area is 156 Å². The number of aryl methyl sites for hydroxylation is 2. The van der Waals surface area contributed by atoms with Gasteiger partial charge in [0.15, 0.2) is 0 Å². The van der Waals surface area contributed by atoms with Gasteiger partial charge in [0, 0.05) is 5.69 Å². The second-order valence-corrected chi connectivity index (χ2v) is 7.97. The fourth-order valence-electron chi connectivity index (χ4n) is 2.57. The summed E-state index contributed by atoms with van der Waals surface area (Å²) in [4.78, 5) is 40.1. The van der Waals surface area contributed by atoms with Crippen LogP contribution in [0.5, 0.6) is 0 Å². The molecule has 0 saturated heterocycles. The van der Waals surface area contributed by atoms with Gasteiger partial charge in [-0.1, -0.05) is 6.07 Å². The van der Waals surface area contributed by atoms with Crippen molar-refractivity contribution >= 4 is 44.9 Å². The van der Waals surface area contributed by atoms with Crippen molar-refractivity contribution in [3.8, 4) is 6.07 Å². The number of amides is 1. The molecule has 0 fully saturated rings. The van der Waals surface area contributed by atoms with Crippen LogP contribution < -0.4 is 16.6 Å². The number of fused-ring (bicyclic) bond motifs is 1. The summed E-state index contributed by atoms with van der Waals surface area (Å²) in [5.74, 6) is -0.139. The van der Waals surface area contributed by atoms with Crippen molar-refractivity contribution in [1.29, 1.82) is 5.26 Å². The molecule has 0 aliphatic heterocycles. The van der Waals surface area contributed by atoms with Gasteiger partial charge in [0.25, 0.3) is 5.56 Å². The Bertz CT molecular complexity index is 1150. The van der Waals surface area contributed by atoms with Crippen molar-refractivity contribution in [2.24, 2.45) is 0 Å².